The molecule has 0 saturated heterocycles. The maximum absolute atomic E-state index is 10.2. The lowest BCUT2D eigenvalue weighted by molar-refractivity contribution is -0.139. The molecule has 0 aromatic carbocycles. The van der Waals surface area contributed by atoms with Gasteiger partial charge in [-0.05, 0) is 13.0 Å². The van der Waals surface area contributed by atoms with E-state index in [4.69, 9.17) is 0 Å². The molecule has 56 valence electrons. The number of hydrogen-bond acceptors (Lipinski definition) is 2. The molecule has 0 radical (unpaired) electrons. The Balaban J connectivity index is 3.52. The first-order chi connectivity index (χ1) is 4.66. The second kappa shape index (κ2) is 4.79. The summed E-state index contributed by atoms with van der Waals surface area (Å²) in [6.45, 7) is 7.18. The Morgan fingerprint density at radius 1 is 1.60 bits per heavy atom. The molecular weight excluding hydrogens is 128 g/mol. The number of esters is 1. The molecule has 0 aliphatic carbocycles. The normalized spacial score (nSPS) is 10.8. The van der Waals surface area contributed by atoms with E-state index in [0.717, 1.165) is 5.57 Å². The van der Waals surface area contributed by atoms with Crippen molar-refractivity contribution in [3.8, 4) is 0 Å². The van der Waals surface area contributed by atoms with E-state index in [9.17, 15) is 4.79 Å². The standard InChI is InChI=1S/C8H12O2/c1-4-7(2)5-6-10-8(3)9/h4-5H,1,6H2,2-3H3. The van der Waals surface area contributed by atoms with Crippen molar-refractivity contribution in [3.63, 3.8) is 0 Å². The number of hydrogen-bond donors (Lipinski definition) is 0. The van der Waals surface area contributed by atoms with Crippen LogP contribution in [-0.4, -0.2) is 12.6 Å². The van der Waals surface area contributed by atoms with E-state index in [1.807, 2.05) is 6.92 Å². The second-order valence-corrected chi connectivity index (χ2v) is 1.95. The highest BCUT2D eigenvalue weighted by Gasteiger charge is 1.87. The summed E-state index contributed by atoms with van der Waals surface area (Å²) < 4.78 is 4.65. The Kier molecular flexibility index (Phi) is 4.29. The molecular formula is C8H12O2. The van der Waals surface area contributed by atoms with Gasteiger partial charge in [0, 0.05) is 6.92 Å². The predicted octanol–water partition coefficient (Wildman–Crippen LogP) is 1.68. The van der Waals surface area contributed by atoms with Crippen molar-refractivity contribution in [2.75, 3.05) is 6.61 Å². The van der Waals surface area contributed by atoms with Crippen LogP contribution in [0.5, 0.6) is 0 Å². The van der Waals surface area contributed by atoms with E-state index in [1.165, 1.54) is 6.92 Å². The summed E-state index contributed by atoms with van der Waals surface area (Å²) in [6.07, 6.45) is 3.51. The highest BCUT2D eigenvalue weighted by molar-refractivity contribution is 5.66. The smallest absolute Gasteiger partial charge is 0.302 e. The SMILES string of the molecule is C=CC(C)=CCOC(C)=O. The third kappa shape index (κ3) is 5.09. The monoisotopic (exact) mass is 140 g/mol. The minimum atomic E-state index is -0.256. The minimum absolute atomic E-state index is 0.256. The quantitative estimate of drug-likeness (QED) is 0.440. The molecule has 0 aliphatic rings. The van der Waals surface area contributed by atoms with Crippen LogP contribution >= 0.6 is 0 Å². The molecule has 0 bridgehead atoms. The average molecular weight is 140 g/mol. The van der Waals surface area contributed by atoms with Gasteiger partial charge >= 0.3 is 5.97 Å². The molecule has 2 heteroatoms. The molecule has 0 N–H and O–H groups in total. The molecule has 0 heterocycles. The summed E-state index contributed by atoms with van der Waals surface area (Å²) in [5.41, 5.74) is 1.02. The molecule has 0 aliphatic heterocycles. The summed E-state index contributed by atoms with van der Waals surface area (Å²) >= 11 is 0. The van der Waals surface area contributed by atoms with Gasteiger partial charge in [0.2, 0.25) is 0 Å². The van der Waals surface area contributed by atoms with Crippen LogP contribution in [0.1, 0.15) is 13.8 Å². The topological polar surface area (TPSA) is 26.3 Å². The molecule has 0 unspecified atom stereocenters. The zero-order valence-electron chi connectivity index (χ0n) is 6.39. The van der Waals surface area contributed by atoms with Crippen molar-refractivity contribution in [1.82, 2.24) is 0 Å². The van der Waals surface area contributed by atoms with Gasteiger partial charge in [0.1, 0.15) is 6.61 Å². The van der Waals surface area contributed by atoms with Gasteiger partial charge in [0.25, 0.3) is 0 Å². The van der Waals surface area contributed by atoms with Gasteiger partial charge < -0.3 is 4.74 Å². The number of carbonyl (C=O) groups excluding carboxylic acids is 1. The number of carbonyl (C=O) groups is 1. The molecule has 0 aromatic heterocycles. The fraction of sp³-hybridized carbons (Fsp3) is 0.375. The van der Waals surface area contributed by atoms with Gasteiger partial charge in [0.05, 0.1) is 0 Å². The van der Waals surface area contributed by atoms with Gasteiger partial charge in [-0.1, -0.05) is 18.2 Å². The summed E-state index contributed by atoms with van der Waals surface area (Å²) in [7, 11) is 0. The summed E-state index contributed by atoms with van der Waals surface area (Å²) in [5.74, 6) is -0.256. The van der Waals surface area contributed by atoms with Crippen molar-refractivity contribution < 1.29 is 9.53 Å². The maximum atomic E-state index is 10.2. The van der Waals surface area contributed by atoms with Crippen molar-refractivity contribution >= 4 is 5.97 Å². The molecule has 0 saturated carbocycles. The highest BCUT2D eigenvalue weighted by atomic mass is 16.5. The zero-order chi connectivity index (χ0) is 7.98. The van der Waals surface area contributed by atoms with Crippen LogP contribution in [-0.2, 0) is 9.53 Å². The Bertz CT molecular complexity index is 157. The molecule has 0 atom stereocenters. The molecule has 0 fully saturated rings. The van der Waals surface area contributed by atoms with E-state index in [-0.39, 0.29) is 5.97 Å². The largest absolute Gasteiger partial charge is 0.462 e. The first-order valence-corrected chi connectivity index (χ1v) is 3.09. The van der Waals surface area contributed by atoms with E-state index < -0.39 is 0 Å². The fourth-order valence-electron chi connectivity index (χ4n) is 0.374. The lowest BCUT2D eigenvalue weighted by atomic mass is 10.3. The van der Waals surface area contributed by atoms with Crippen LogP contribution in [0, 0.1) is 0 Å². The van der Waals surface area contributed by atoms with Crippen molar-refractivity contribution in [3.05, 3.63) is 24.3 Å². The molecule has 0 aromatic rings. The van der Waals surface area contributed by atoms with Crippen molar-refractivity contribution in [2.24, 2.45) is 0 Å². The van der Waals surface area contributed by atoms with Gasteiger partial charge in [-0.25, -0.2) is 0 Å². The van der Waals surface area contributed by atoms with Crippen molar-refractivity contribution in [2.45, 2.75) is 13.8 Å². The lowest BCUT2D eigenvalue weighted by Gasteiger charge is -1.95. The first kappa shape index (κ1) is 8.95. The number of allylic oxidation sites excluding steroid dienone is 2. The van der Waals surface area contributed by atoms with Gasteiger partial charge in [-0.2, -0.15) is 0 Å². The van der Waals surface area contributed by atoms with Crippen LogP contribution < -0.4 is 0 Å². The summed E-state index contributed by atoms with van der Waals surface area (Å²) in [4.78, 5) is 10.2. The fourth-order valence-corrected chi connectivity index (χ4v) is 0.374. The molecule has 10 heavy (non-hydrogen) atoms. The minimum Gasteiger partial charge on any atom is -0.462 e. The zero-order valence-corrected chi connectivity index (χ0v) is 6.39. The summed E-state index contributed by atoms with van der Waals surface area (Å²) in [6, 6.07) is 0. The van der Waals surface area contributed by atoms with E-state index in [0.29, 0.717) is 6.61 Å². The third-order valence-corrected chi connectivity index (χ3v) is 1.01. The second-order valence-electron chi connectivity index (χ2n) is 1.95. The Morgan fingerprint density at radius 2 is 2.20 bits per heavy atom. The third-order valence-electron chi connectivity index (χ3n) is 1.01. The van der Waals surface area contributed by atoms with Gasteiger partial charge in [-0.15, -0.1) is 0 Å². The Morgan fingerprint density at radius 3 is 2.60 bits per heavy atom. The Labute approximate surface area is 61.2 Å². The van der Waals surface area contributed by atoms with Gasteiger partial charge in [0.15, 0.2) is 0 Å². The Hall–Kier alpha value is -1.05. The van der Waals surface area contributed by atoms with Crippen LogP contribution in [0.2, 0.25) is 0 Å². The summed E-state index contributed by atoms with van der Waals surface area (Å²) in [5, 5.41) is 0. The molecule has 0 spiro atoms. The van der Waals surface area contributed by atoms with Crippen molar-refractivity contribution in [1.29, 1.82) is 0 Å². The van der Waals surface area contributed by atoms with E-state index in [2.05, 4.69) is 11.3 Å². The van der Waals surface area contributed by atoms with Crippen LogP contribution in [0.3, 0.4) is 0 Å². The average Bonchev–Trinajstić information content (AvgIpc) is 1.87. The molecule has 2 nitrogen and oxygen atoms in total. The van der Waals surface area contributed by atoms with Crippen LogP contribution in [0.15, 0.2) is 24.3 Å². The predicted molar refractivity (Wildman–Crippen MR) is 40.6 cm³/mol. The van der Waals surface area contributed by atoms with Crippen LogP contribution in [0.25, 0.3) is 0 Å². The number of rotatable bonds is 3. The van der Waals surface area contributed by atoms with E-state index >= 15 is 0 Å². The molecule has 0 amide bonds. The number of ether oxygens (including phenoxy) is 1. The van der Waals surface area contributed by atoms with E-state index in [1.54, 1.807) is 12.2 Å². The van der Waals surface area contributed by atoms with Crippen LogP contribution in [0.4, 0.5) is 0 Å². The highest BCUT2D eigenvalue weighted by Crippen LogP contribution is 1.91. The maximum Gasteiger partial charge on any atom is 0.302 e. The van der Waals surface area contributed by atoms with Gasteiger partial charge in [-0.3, -0.25) is 4.79 Å². The molecule has 0 rings (SSSR count). The lowest BCUT2D eigenvalue weighted by Crippen LogP contribution is -1.97. The first-order valence-electron chi connectivity index (χ1n) is 3.09.